The molecule has 1 aromatic carbocycles. The summed E-state index contributed by atoms with van der Waals surface area (Å²) >= 11 is 5.96. The molecule has 0 amide bonds. The highest BCUT2D eigenvalue weighted by molar-refractivity contribution is 7.89. The van der Waals surface area contributed by atoms with E-state index < -0.39 is 10.0 Å². The van der Waals surface area contributed by atoms with Crippen molar-refractivity contribution in [3.63, 3.8) is 0 Å². The van der Waals surface area contributed by atoms with E-state index in [0.717, 1.165) is 16.6 Å². The maximum Gasteiger partial charge on any atom is 0.260 e. The summed E-state index contributed by atoms with van der Waals surface area (Å²) in [6, 6.07) is 5.17. The first-order valence-electron chi connectivity index (χ1n) is 4.81. The summed E-state index contributed by atoms with van der Waals surface area (Å²) in [4.78, 5) is 1.13. The molecule has 18 heavy (non-hydrogen) atoms. The molecule has 0 fully saturated rings. The fraction of sp³-hybridized carbons (Fsp3) is 0.222. The van der Waals surface area contributed by atoms with Gasteiger partial charge in [0.25, 0.3) is 5.68 Å². The number of hydrogen-bond donors (Lipinski definition) is 0. The Bertz CT molecular complexity index is 747. The van der Waals surface area contributed by atoms with E-state index in [-0.39, 0.29) is 5.68 Å². The fourth-order valence-corrected chi connectivity index (χ4v) is 1.80. The van der Waals surface area contributed by atoms with Crippen molar-refractivity contribution in [3.05, 3.63) is 34.5 Å². The van der Waals surface area contributed by atoms with E-state index in [9.17, 15) is 8.42 Å². The number of rotatable bonds is 2. The number of halogens is 1. The number of nitrogens with zero attached hydrogens (tertiary/aromatic N) is 4. The van der Waals surface area contributed by atoms with Crippen LogP contribution in [0, 0.1) is 6.92 Å². The van der Waals surface area contributed by atoms with Gasteiger partial charge in [-0.05, 0) is 17.8 Å². The van der Waals surface area contributed by atoms with Crippen molar-refractivity contribution in [2.45, 2.75) is 6.92 Å². The molecule has 0 saturated carbocycles. The van der Waals surface area contributed by atoms with Crippen molar-refractivity contribution in [1.29, 1.82) is 0 Å². The topological polar surface area (TPSA) is 90.5 Å². The summed E-state index contributed by atoms with van der Waals surface area (Å²) in [6.45, 7) is 1.79. The normalized spacial score (nSPS) is 12.9. The van der Waals surface area contributed by atoms with Gasteiger partial charge in [-0.15, -0.1) is 0 Å². The Morgan fingerprint density at radius 2 is 2.22 bits per heavy atom. The van der Waals surface area contributed by atoms with Crippen LogP contribution < -0.4 is 15.6 Å². The van der Waals surface area contributed by atoms with Gasteiger partial charge in [0.2, 0.25) is 5.69 Å². The molecule has 0 aliphatic heterocycles. The number of benzene rings is 1. The molecule has 1 heterocycles. The van der Waals surface area contributed by atoms with E-state index in [2.05, 4.69) is 14.8 Å². The van der Waals surface area contributed by atoms with Crippen LogP contribution in [0.15, 0.2) is 27.1 Å². The Morgan fingerprint density at radius 3 is 2.89 bits per heavy atom. The van der Waals surface area contributed by atoms with Crippen LogP contribution in [0.3, 0.4) is 0 Å². The van der Waals surface area contributed by atoms with Gasteiger partial charge in [-0.25, -0.2) is 12.8 Å². The number of aromatic nitrogens is 3. The lowest BCUT2D eigenvalue weighted by Gasteiger charge is -1.97. The maximum atomic E-state index is 10.9. The highest BCUT2D eigenvalue weighted by atomic mass is 35.5. The highest BCUT2D eigenvalue weighted by Gasteiger charge is 2.13. The lowest BCUT2D eigenvalue weighted by molar-refractivity contribution is -0.730. The van der Waals surface area contributed by atoms with Crippen molar-refractivity contribution in [3.8, 4) is 5.69 Å². The highest BCUT2D eigenvalue weighted by Crippen LogP contribution is 2.17. The molecule has 0 unspecified atom stereocenters. The van der Waals surface area contributed by atoms with E-state index in [1.54, 1.807) is 25.1 Å². The molecule has 1 aromatic heterocycles. The average molecular weight is 289 g/mol. The first kappa shape index (κ1) is 12.8. The zero-order valence-corrected chi connectivity index (χ0v) is 11.1. The molecule has 0 aliphatic carbocycles. The summed E-state index contributed by atoms with van der Waals surface area (Å²) in [5, 5.41) is 7.94. The quantitative estimate of drug-likeness (QED) is 0.710. The van der Waals surface area contributed by atoms with Gasteiger partial charge in [-0.1, -0.05) is 22.8 Å². The second-order valence-electron chi connectivity index (χ2n) is 3.55. The van der Waals surface area contributed by atoms with Gasteiger partial charge in [0.1, 0.15) is 0 Å². The predicted octanol–water partition coefficient (Wildman–Crippen LogP) is -0.269. The van der Waals surface area contributed by atoms with Crippen LogP contribution in [0.1, 0.15) is 5.56 Å². The van der Waals surface area contributed by atoms with E-state index in [4.69, 9.17) is 16.1 Å². The minimum atomic E-state index is -3.57. The Labute approximate surface area is 108 Å². The monoisotopic (exact) mass is 288 g/mol. The summed E-state index contributed by atoms with van der Waals surface area (Å²) in [7, 11) is -3.57. The van der Waals surface area contributed by atoms with Crippen LogP contribution in [0.4, 0.5) is 0 Å². The first-order valence-corrected chi connectivity index (χ1v) is 7.04. The molecular weight excluding hydrogens is 280 g/mol. The van der Waals surface area contributed by atoms with Crippen LogP contribution >= 0.6 is 11.6 Å². The summed E-state index contributed by atoms with van der Waals surface area (Å²) < 4.78 is 29.9. The van der Waals surface area contributed by atoms with E-state index in [0.29, 0.717) is 10.7 Å². The standard InChI is InChI=1S/C9H9ClN4O3S/c1-6-7(10)4-3-5-8(6)14-11-9(17-13-14)12-18(2,15)16/h3-5H,1-2H3/b12-9-. The molecule has 0 bridgehead atoms. The maximum absolute atomic E-state index is 10.9. The molecule has 96 valence electrons. The largest absolute Gasteiger partial charge is 0.360 e. The van der Waals surface area contributed by atoms with E-state index >= 15 is 0 Å². The van der Waals surface area contributed by atoms with E-state index in [1.165, 1.54) is 0 Å². The molecule has 0 saturated heterocycles. The molecule has 2 aromatic rings. The third-order valence-electron chi connectivity index (χ3n) is 2.08. The van der Waals surface area contributed by atoms with Crippen molar-refractivity contribution in [1.82, 2.24) is 10.4 Å². The summed E-state index contributed by atoms with van der Waals surface area (Å²) in [5.74, 6) is 0. The zero-order valence-electron chi connectivity index (χ0n) is 9.53. The van der Waals surface area contributed by atoms with Gasteiger partial charge in [0, 0.05) is 17.9 Å². The van der Waals surface area contributed by atoms with Gasteiger partial charge in [0.05, 0.1) is 10.3 Å². The Kier molecular flexibility index (Phi) is 3.22. The summed E-state index contributed by atoms with van der Waals surface area (Å²) in [5.41, 5.74) is 0.994. The molecule has 0 N–H and O–H groups in total. The van der Waals surface area contributed by atoms with Crippen molar-refractivity contribution in [2.75, 3.05) is 6.26 Å². The van der Waals surface area contributed by atoms with Gasteiger partial charge >= 0.3 is 0 Å². The van der Waals surface area contributed by atoms with Gasteiger partial charge in [-0.2, -0.15) is 0 Å². The SMILES string of the molecule is Cc1c(Cl)cccc1-[n+]1no/c(=N\S(C)(=O)=O)[n-]1. The van der Waals surface area contributed by atoms with Crippen LogP contribution in [0.2, 0.25) is 5.02 Å². The smallest absolute Gasteiger partial charge is 0.260 e. The van der Waals surface area contributed by atoms with Gasteiger partial charge in [0.15, 0.2) is 10.0 Å². The van der Waals surface area contributed by atoms with Gasteiger partial charge in [-0.3, -0.25) is 0 Å². The molecule has 0 spiro atoms. The van der Waals surface area contributed by atoms with Crippen LogP contribution in [-0.4, -0.2) is 19.9 Å². The Balaban J connectivity index is 2.55. The molecule has 0 aliphatic rings. The minimum absolute atomic E-state index is 0.336. The second kappa shape index (κ2) is 4.54. The fourth-order valence-electron chi connectivity index (χ4n) is 1.28. The van der Waals surface area contributed by atoms with Gasteiger partial charge < -0.3 is 4.52 Å². The molecule has 9 heteroatoms. The van der Waals surface area contributed by atoms with Crippen LogP contribution in [-0.2, 0) is 10.0 Å². The van der Waals surface area contributed by atoms with Crippen molar-refractivity contribution >= 4 is 21.6 Å². The van der Waals surface area contributed by atoms with Crippen LogP contribution in [0.5, 0.6) is 0 Å². The molecular formula is C9H9ClN4O3S. The van der Waals surface area contributed by atoms with E-state index in [1.807, 2.05) is 0 Å². The third-order valence-corrected chi connectivity index (χ3v) is 2.98. The second-order valence-corrected chi connectivity index (χ2v) is 5.61. The molecule has 7 nitrogen and oxygen atoms in total. The molecule has 0 atom stereocenters. The Morgan fingerprint density at radius 1 is 1.50 bits per heavy atom. The summed E-state index contributed by atoms with van der Waals surface area (Å²) in [6.07, 6.45) is 0.937. The lowest BCUT2D eigenvalue weighted by atomic mass is 10.2. The Hall–Kier alpha value is -1.67. The molecule has 0 radical (unpaired) electrons. The first-order chi connectivity index (χ1) is 8.37. The average Bonchev–Trinajstić information content (AvgIpc) is 2.68. The lowest BCUT2D eigenvalue weighted by Crippen LogP contribution is -2.41. The van der Waals surface area contributed by atoms with Crippen molar-refractivity contribution < 1.29 is 17.7 Å². The number of hydrogen-bond acceptors (Lipinski definition) is 4. The predicted molar refractivity (Wildman–Crippen MR) is 61.5 cm³/mol. The molecule has 2 rings (SSSR count). The minimum Gasteiger partial charge on any atom is -0.360 e. The third kappa shape index (κ3) is 2.77. The van der Waals surface area contributed by atoms with Crippen LogP contribution in [0.25, 0.3) is 5.69 Å². The zero-order chi connectivity index (χ0) is 13.3. The van der Waals surface area contributed by atoms with Crippen molar-refractivity contribution in [2.24, 2.45) is 4.40 Å². The number of sulfonamides is 1.